The molecule has 6 nitrogen and oxygen atoms in total. The van der Waals surface area contributed by atoms with Gasteiger partial charge in [-0.2, -0.15) is 0 Å². The van der Waals surface area contributed by atoms with E-state index in [1.807, 2.05) is 0 Å². The lowest BCUT2D eigenvalue weighted by molar-refractivity contribution is -0.143. The van der Waals surface area contributed by atoms with Gasteiger partial charge in [-0.25, -0.2) is 0 Å². The van der Waals surface area contributed by atoms with E-state index in [9.17, 15) is 14.7 Å². The molecule has 2 saturated heterocycles. The van der Waals surface area contributed by atoms with E-state index in [0.717, 1.165) is 32.1 Å². The van der Waals surface area contributed by atoms with Gasteiger partial charge in [0.2, 0.25) is 5.91 Å². The molecule has 2 unspecified atom stereocenters. The van der Waals surface area contributed by atoms with Gasteiger partial charge in [0.1, 0.15) is 0 Å². The predicted octanol–water partition coefficient (Wildman–Crippen LogP) is 1.46. The monoisotopic (exact) mass is 340 g/mol. The molecule has 2 N–H and O–H groups in total. The van der Waals surface area contributed by atoms with Crippen molar-refractivity contribution in [2.24, 2.45) is 5.92 Å². The molecule has 0 radical (unpaired) electrons. The molecule has 0 saturated carbocycles. The SMILES string of the molecule is CCCCOC(=O)CCCCNC(=O)[C@@H]1C2CCC(C[C@@H]1O)N2C. The highest BCUT2D eigenvalue weighted by atomic mass is 16.5. The number of hydrogen-bond donors (Lipinski definition) is 2. The number of fused-ring (bicyclic) bond motifs is 2. The van der Waals surface area contributed by atoms with Crippen molar-refractivity contribution in [3.63, 3.8) is 0 Å². The summed E-state index contributed by atoms with van der Waals surface area (Å²) in [4.78, 5) is 26.2. The molecule has 1 amide bonds. The van der Waals surface area contributed by atoms with Gasteiger partial charge in [-0.3, -0.25) is 14.5 Å². The fourth-order valence-corrected chi connectivity index (χ4v) is 3.92. The van der Waals surface area contributed by atoms with E-state index >= 15 is 0 Å². The molecule has 2 aliphatic rings. The second kappa shape index (κ2) is 9.37. The number of hydrogen-bond acceptors (Lipinski definition) is 5. The van der Waals surface area contributed by atoms with Crippen molar-refractivity contribution in [2.75, 3.05) is 20.2 Å². The number of esters is 1. The van der Waals surface area contributed by atoms with Gasteiger partial charge in [0, 0.05) is 25.0 Å². The molecule has 4 atom stereocenters. The summed E-state index contributed by atoms with van der Waals surface area (Å²) in [5.41, 5.74) is 0. The lowest BCUT2D eigenvalue weighted by atomic mass is 9.87. The van der Waals surface area contributed by atoms with Crippen LogP contribution in [0.5, 0.6) is 0 Å². The summed E-state index contributed by atoms with van der Waals surface area (Å²) < 4.78 is 5.10. The molecular formula is C18H32N2O4. The summed E-state index contributed by atoms with van der Waals surface area (Å²) in [5, 5.41) is 13.2. The van der Waals surface area contributed by atoms with Crippen LogP contribution in [0.15, 0.2) is 0 Å². The average molecular weight is 340 g/mol. The molecule has 0 aromatic heterocycles. The number of carbonyl (C=O) groups is 2. The van der Waals surface area contributed by atoms with Crippen LogP contribution < -0.4 is 5.32 Å². The van der Waals surface area contributed by atoms with Crippen LogP contribution in [0.25, 0.3) is 0 Å². The molecule has 2 bridgehead atoms. The van der Waals surface area contributed by atoms with Crippen molar-refractivity contribution in [2.45, 2.75) is 76.5 Å². The van der Waals surface area contributed by atoms with Crippen LogP contribution in [0, 0.1) is 5.92 Å². The molecule has 2 aliphatic heterocycles. The van der Waals surface area contributed by atoms with Gasteiger partial charge in [0.15, 0.2) is 0 Å². The molecule has 24 heavy (non-hydrogen) atoms. The Morgan fingerprint density at radius 2 is 2.04 bits per heavy atom. The van der Waals surface area contributed by atoms with E-state index in [-0.39, 0.29) is 23.8 Å². The molecule has 0 aromatic rings. The number of unbranched alkanes of at least 4 members (excludes halogenated alkanes) is 2. The molecule has 2 heterocycles. The number of nitrogens with zero attached hydrogens (tertiary/aromatic N) is 1. The standard InChI is InChI=1S/C18H32N2O4/c1-3-4-11-24-16(22)7-5-6-10-19-18(23)17-14-9-8-13(20(14)2)12-15(17)21/h13-15,17,21H,3-12H2,1-2H3,(H,19,23)/t13?,14?,15-,17+/m0/s1. The highest BCUT2D eigenvalue weighted by Gasteiger charge is 2.47. The van der Waals surface area contributed by atoms with Gasteiger partial charge in [-0.05, 0) is 45.6 Å². The Balaban J connectivity index is 1.62. The van der Waals surface area contributed by atoms with Crippen LogP contribution in [0.3, 0.4) is 0 Å². The first kappa shape index (κ1) is 19.2. The number of amides is 1. The lowest BCUT2D eigenvalue weighted by Crippen LogP contribution is -2.54. The van der Waals surface area contributed by atoms with Crippen molar-refractivity contribution in [3.05, 3.63) is 0 Å². The molecule has 138 valence electrons. The zero-order chi connectivity index (χ0) is 17.5. The Bertz CT molecular complexity index is 429. The number of aliphatic hydroxyl groups is 1. The van der Waals surface area contributed by atoms with Crippen LogP contribution >= 0.6 is 0 Å². The molecule has 0 aromatic carbocycles. The summed E-state index contributed by atoms with van der Waals surface area (Å²) in [6.07, 6.45) is 6.00. The van der Waals surface area contributed by atoms with Crippen LogP contribution in [0.4, 0.5) is 0 Å². The summed E-state index contributed by atoms with van der Waals surface area (Å²) in [7, 11) is 2.05. The summed E-state index contributed by atoms with van der Waals surface area (Å²) >= 11 is 0. The first-order valence-electron chi connectivity index (χ1n) is 9.38. The van der Waals surface area contributed by atoms with Crippen LogP contribution in [-0.4, -0.2) is 60.3 Å². The maximum Gasteiger partial charge on any atom is 0.305 e. The first-order chi connectivity index (χ1) is 11.5. The topological polar surface area (TPSA) is 78.9 Å². The Morgan fingerprint density at radius 3 is 2.79 bits per heavy atom. The van der Waals surface area contributed by atoms with Gasteiger partial charge in [-0.15, -0.1) is 0 Å². The fraction of sp³-hybridized carbons (Fsp3) is 0.889. The predicted molar refractivity (Wildman–Crippen MR) is 91.4 cm³/mol. The number of carbonyl (C=O) groups excluding carboxylic acids is 2. The number of piperidine rings is 1. The quantitative estimate of drug-likeness (QED) is 0.491. The highest BCUT2D eigenvalue weighted by molar-refractivity contribution is 5.80. The molecule has 0 aliphatic carbocycles. The summed E-state index contributed by atoms with van der Waals surface area (Å²) in [5.74, 6) is -0.533. The Morgan fingerprint density at radius 1 is 1.25 bits per heavy atom. The third kappa shape index (κ3) is 4.93. The highest BCUT2D eigenvalue weighted by Crippen LogP contribution is 2.38. The van der Waals surface area contributed by atoms with Crippen molar-refractivity contribution >= 4 is 11.9 Å². The molecule has 2 rings (SSSR count). The maximum atomic E-state index is 12.4. The normalized spacial score (nSPS) is 29.5. The zero-order valence-corrected chi connectivity index (χ0v) is 15.0. The van der Waals surface area contributed by atoms with E-state index < -0.39 is 6.10 Å². The third-order valence-corrected chi connectivity index (χ3v) is 5.41. The number of nitrogens with one attached hydrogen (secondary N) is 1. The van der Waals surface area contributed by atoms with E-state index in [0.29, 0.717) is 38.5 Å². The molecule has 0 spiro atoms. The molecule has 2 fully saturated rings. The molecule has 6 heteroatoms. The van der Waals surface area contributed by atoms with Crippen LogP contribution in [-0.2, 0) is 14.3 Å². The first-order valence-corrected chi connectivity index (χ1v) is 9.38. The van der Waals surface area contributed by atoms with Crippen molar-refractivity contribution in [1.29, 1.82) is 0 Å². The minimum absolute atomic E-state index is 0.0507. The van der Waals surface area contributed by atoms with Crippen molar-refractivity contribution in [1.82, 2.24) is 10.2 Å². The van der Waals surface area contributed by atoms with Gasteiger partial charge in [-0.1, -0.05) is 13.3 Å². The Kier molecular flexibility index (Phi) is 7.49. The van der Waals surface area contributed by atoms with Gasteiger partial charge in [0.05, 0.1) is 18.6 Å². The van der Waals surface area contributed by atoms with Crippen LogP contribution in [0.1, 0.15) is 58.3 Å². The van der Waals surface area contributed by atoms with E-state index in [1.165, 1.54) is 0 Å². The Hall–Kier alpha value is -1.14. The summed E-state index contributed by atoms with van der Waals surface area (Å²) in [6, 6.07) is 0.583. The number of ether oxygens (including phenoxy) is 1. The second-order valence-electron chi connectivity index (χ2n) is 7.11. The minimum Gasteiger partial charge on any atom is -0.466 e. The third-order valence-electron chi connectivity index (χ3n) is 5.41. The fourth-order valence-electron chi connectivity index (χ4n) is 3.92. The zero-order valence-electron chi connectivity index (χ0n) is 15.0. The van der Waals surface area contributed by atoms with E-state index in [4.69, 9.17) is 4.74 Å². The number of rotatable bonds is 9. The van der Waals surface area contributed by atoms with E-state index in [1.54, 1.807) is 0 Å². The van der Waals surface area contributed by atoms with E-state index in [2.05, 4.69) is 24.2 Å². The smallest absolute Gasteiger partial charge is 0.305 e. The summed E-state index contributed by atoms with van der Waals surface area (Å²) in [6.45, 7) is 3.11. The molecular weight excluding hydrogens is 308 g/mol. The average Bonchev–Trinajstić information content (AvgIpc) is 2.79. The van der Waals surface area contributed by atoms with Crippen molar-refractivity contribution < 1.29 is 19.4 Å². The second-order valence-corrected chi connectivity index (χ2v) is 7.11. The van der Waals surface area contributed by atoms with Gasteiger partial charge in [0.25, 0.3) is 0 Å². The lowest BCUT2D eigenvalue weighted by Gasteiger charge is -2.39. The minimum atomic E-state index is -0.535. The van der Waals surface area contributed by atoms with Crippen LogP contribution in [0.2, 0.25) is 0 Å². The van der Waals surface area contributed by atoms with Gasteiger partial charge >= 0.3 is 5.97 Å². The van der Waals surface area contributed by atoms with Crippen molar-refractivity contribution in [3.8, 4) is 0 Å². The van der Waals surface area contributed by atoms with Gasteiger partial charge < -0.3 is 15.2 Å². The number of aliphatic hydroxyl groups excluding tert-OH is 1. The maximum absolute atomic E-state index is 12.4. The largest absolute Gasteiger partial charge is 0.466 e. The Labute approximate surface area is 144 Å².